The first-order valence-electron chi connectivity index (χ1n) is 4.53. The summed E-state index contributed by atoms with van der Waals surface area (Å²) >= 11 is 5.71. The van der Waals surface area contributed by atoms with Crippen molar-refractivity contribution in [1.29, 1.82) is 0 Å². The third kappa shape index (κ3) is 3.02. The molecule has 1 rings (SSSR count). The van der Waals surface area contributed by atoms with E-state index in [4.69, 9.17) is 11.6 Å². The number of carbonyl (C=O) groups excluding carboxylic acids is 1. The predicted molar refractivity (Wildman–Crippen MR) is 50.2 cm³/mol. The molecule has 0 spiro atoms. The molecule has 0 aliphatic heterocycles. The molecule has 1 saturated carbocycles. The number of alkyl halides is 1. The number of amides is 1. The van der Waals surface area contributed by atoms with Gasteiger partial charge in [-0.15, -0.1) is 11.6 Å². The highest BCUT2D eigenvalue weighted by Gasteiger charge is 2.32. The minimum Gasteiger partial charge on any atom is -0.354 e. The van der Waals surface area contributed by atoms with Gasteiger partial charge in [0.1, 0.15) is 0 Å². The molecule has 1 amide bonds. The first kappa shape index (κ1) is 9.85. The lowest BCUT2D eigenvalue weighted by molar-refractivity contribution is -0.125. The van der Waals surface area contributed by atoms with E-state index < -0.39 is 0 Å². The molecule has 0 heterocycles. The Bertz CT molecular complexity index is 166. The number of rotatable bonds is 4. The summed E-state index contributed by atoms with van der Waals surface area (Å²) < 4.78 is 0. The normalized spacial score (nSPS) is 21.6. The molecule has 12 heavy (non-hydrogen) atoms. The van der Waals surface area contributed by atoms with Gasteiger partial charge in [0, 0.05) is 17.8 Å². The van der Waals surface area contributed by atoms with Crippen molar-refractivity contribution in [1.82, 2.24) is 5.32 Å². The first-order chi connectivity index (χ1) is 5.61. The highest BCUT2D eigenvalue weighted by molar-refractivity contribution is 6.20. The molecule has 0 aromatic rings. The molecular formula is C9H16ClNO. The van der Waals surface area contributed by atoms with Gasteiger partial charge in [-0.25, -0.2) is 0 Å². The van der Waals surface area contributed by atoms with Gasteiger partial charge >= 0.3 is 0 Å². The molecule has 0 saturated heterocycles. The third-order valence-electron chi connectivity index (χ3n) is 2.30. The van der Waals surface area contributed by atoms with Crippen LogP contribution in [0.1, 0.15) is 26.7 Å². The van der Waals surface area contributed by atoms with Crippen LogP contribution in [0.3, 0.4) is 0 Å². The number of carbonyl (C=O) groups is 1. The van der Waals surface area contributed by atoms with E-state index in [0.717, 1.165) is 0 Å². The number of hydrogen-bond acceptors (Lipinski definition) is 1. The second-order valence-corrected chi connectivity index (χ2v) is 4.40. The molecule has 2 nitrogen and oxygen atoms in total. The summed E-state index contributed by atoms with van der Waals surface area (Å²) in [4.78, 5) is 11.4. The summed E-state index contributed by atoms with van der Waals surface area (Å²) in [5.74, 6) is 0.973. The molecule has 1 N–H and O–H groups in total. The van der Waals surface area contributed by atoms with Crippen molar-refractivity contribution in [2.75, 3.05) is 6.54 Å². The van der Waals surface area contributed by atoms with Crippen LogP contribution >= 0.6 is 11.6 Å². The van der Waals surface area contributed by atoms with Gasteiger partial charge in [0.25, 0.3) is 0 Å². The standard InChI is InChI=1S/C9H16ClNO/c1-6(10)5-11-9(12)7(2)8-3-4-8/h6-8H,3-5H2,1-2H3,(H,11,12). The van der Waals surface area contributed by atoms with Crippen LogP contribution in [-0.4, -0.2) is 17.8 Å². The average Bonchev–Trinajstić information content (AvgIpc) is 2.80. The molecule has 2 unspecified atom stereocenters. The second kappa shape index (κ2) is 4.13. The fraction of sp³-hybridized carbons (Fsp3) is 0.889. The molecule has 1 aliphatic rings. The van der Waals surface area contributed by atoms with E-state index in [1.807, 2.05) is 13.8 Å². The van der Waals surface area contributed by atoms with Crippen molar-refractivity contribution < 1.29 is 4.79 Å². The number of hydrogen-bond donors (Lipinski definition) is 1. The van der Waals surface area contributed by atoms with Crippen molar-refractivity contribution in [2.24, 2.45) is 11.8 Å². The van der Waals surface area contributed by atoms with E-state index in [2.05, 4.69) is 5.32 Å². The van der Waals surface area contributed by atoms with Gasteiger partial charge in [0.2, 0.25) is 5.91 Å². The lowest BCUT2D eigenvalue weighted by Gasteiger charge is -2.11. The molecule has 0 bridgehead atoms. The second-order valence-electron chi connectivity index (χ2n) is 3.65. The molecule has 2 atom stereocenters. The van der Waals surface area contributed by atoms with Crippen molar-refractivity contribution >= 4 is 17.5 Å². The summed E-state index contributed by atoms with van der Waals surface area (Å²) in [6.45, 7) is 4.45. The van der Waals surface area contributed by atoms with Gasteiger partial charge in [0.15, 0.2) is 0 Å². The highest BCUT2D eigenvalue weighted by atomic mass is 35.5. The monoisotopic (exact) mass is 189 g/mol. The minimum absolute atomic E-state index is 0.0281. The topological polar surface area (TPSA) is 29.1 Å². The maximum atomic E-state index is 11.4. The van der Waals surface area contributed by atoms with Crippen molar-refractivity contribution in [2.45, 2.75) is 32.1 Å². The largest absolute Gasteiger partial charge is 0.354 e. The highest BCUT2D eigenvalue weighted by Crippen LogP contribution is 2.36. The number of halogens is 1. The van der Waals surface area contributed by atoms with E-state index in [1.54, 1.807) is 0 Å². The van der Waals surface area contributed by atoms with Gasteiger partial charge in [-0.05, 0) is 25.7 Å². The Kier molecular flexibility index (Phi) is 3.39. The van der Waals surface area contributed by atoms with Crippen LogP contribution in [0.4, 0.5) is 0 Å². The quantitative estimate of drug-likeness (QED) is 0.672. The lowest BCUT2D eigenvalue weighted by Crippen LogP contribution is -2.33. The summed E-state index contributed by atoms with van der Waals surface area (Å²) in [6, 6.07) is 0. The van der Waals surface area contributed by atoms with E-state index in [0.29, 0.717) is 12.5 Å². The summed E-state index contributed by atoms with van der Waals surface area (Å²) in [7, 11) is 0. The Morgan fingerprint density at radius 3 is 2.58 bits per heavy atom. The summed E-state index contributed by atoms with van der Waals surface area (Å²) in [5.41, 5.74) is 0. The van der Waals surface area contributed by atoms with Crippen LogP contribution in [0.2, 0.25) is 0 Å². The minimum atomic E-state index is 0.0281. The molecule has 70 valence electrons. The van der Waals surface area contributed by atoms with Crippen molar-refractivity contribution in [3.8, 4) is 0 Å². The molecule has 1 fully saturated rings. The molecule has 0 aromatic heterocycles. The Morgan fingerprint density at radius 1 is 1.58 bits per heavy atom. The Balaban J connectivity index is 2.17. The molecule has 1 aliphatic carbocycles. The third-order valence-corrected chi connectivity index (χ3v) is 2.45. The van der Waals surface area contributed by atoms with E-state index in [1.165, 1.54) is 12.8 Å². The van der Waals surface area contributed by atoms with Crippen LogP contribution in [0.25, 0.3) is 0 Å². The molecule has 0 aromatic carbocycles. The maximum absolute atomic E-state index is 11.4. The van der Waals surface area contributed by atoms with Crippen molar-refractivity contribution in [3.63, 3.8) is 0 Å². The average molecular weight is 190 g/mol. The summed E-state index contributed by atoms with van der Waals surface area (Å²) in [6.07, 6.45) is 2.43. The first-order valence-corrected chi connectivity index (χ1v) is 4.96. The zero-order valence-electron chi connectivity index (χ0n) is 7.64. The van der Waals surface area contributed by atoms with Crippen molar-refractivity contribution in [3.05, 3.63) is 0 Å². The van der Waals surface area contributed by atoms with E-state index in [-0.39, 0.29) is 17.2 Å². The number of nitrogens with one attached hydrogen (secondary N) is 1. The maximum Gasteiger partial charge on any atom is 0.223 e. The SMILES string of the molecule is CC(Cl)CNC(=O)C(C)C1CC1. The Labute approximate surface area is 78.7 Å². The van der Waals surface area contributed by atoms with Gasteiger partial charge in [-0.1, -0.05) is 6.92 Å². The lowest BCUT2D eigenvalue weighted by atomic mass is 10.1. The molecule has 0 radical (unpaired) electrons. The van der Waals surface area contributed by atoms with Gasteiger partial charge in [-0.2, -0.15) is 0 Å². The van der Waals surface area contributed by atoms with Crippen LogP contribution in [0.5, 0.6) is 0 Å². The van der Waals surface area contributed by atoms with Crippen LogP contribution < -0.4 is 5.32 Å². The zero-order chi connectivity index (χ0) is 9.14. The molecule has 3 heteroatoms. The van der Waals surface area contributed by atoms with E-state index in [9.17, 15) is 4.79 Å². The Morgan fingerprint density at radius 2 is 2.17 bits per heavy atom. The van der Waals surface area contributed by atoms with Gasteiger partial charge in [-0.3, -0.25) is 4.79 Å². The fourth-order valence-corrected chi connectivity index (χ4v) is 1.29. The van der Waals surface area contributed by atoms with Crippen LogP contribution in [-0.2, 0) is 4.79 Å². The van der Waals surface area contributed by atoms with Gasteiger partial charge < -0.3 is 5.32 Å². The summed E-state index contributed by atoms with van der Waals surface area (Å²) in [5, 5.41) is 2.86. The van der Waals surface area contributed by atoms with Gasteiger partial charge in [0.05, 0.1) is 0 Å². The van der Waals surface area contributed by atoms with Crippen LogP contribution in [0.15, 0.2) is 0 Å². The molecular weight excluding hydrogens is 174 g/mol. The zero-order valence-corrected chi connectivity index (χ0v) is 8.40. The van der Waals surface area contributed by atoms with E-state index >= 15 is 0 Å². The Hall–Kier alpha value is -0.240. The fourth-order valence-electron chi connectivity index (χ4n) is 1.21. The smallest absolute Gasteiger partial charge is 0.223 e. The van der Waals surface area contributed by atoms with Crippen LogP contribution in [0, 0.1) is 11.8 Å². The predicted octanol–water partition coefficient (Wildman–Crippen LogP) is 1.78.